The van der Waals surface area contributed by atoms with E-state index in [4.69, 9.17) is 26.2 Å². The van der Waals surface area contributed by atoms with E-state index < -0.39 is 5.97 Å². The van der Waals surface area contributed by atoms with Crippen LogP contribution < -0.4 is 14.4 Å². The Morgan fingerprint density at radius 3 is 2.51 bits per heavy atom. The predicted octanol–water partition coefficient (Wildman–Crippen LogP) is 5.61. The molecule has 1 aromatic heterocycles. The van der Waals surface area contributed by atoms with Gasteiger partial charge in [-0.3, -0.25) is 0 Å². The van der Waals surface area contributed by atoms with E-state index in [1.165, 1.54) is 0 Å². The van der Waals surface area contributed by atoms with Gasteiger partial charge in [-0.25, -0.2) is 9.48 Å². The topological polar surface area (TPSA) is 76.8 Å². The quantitative estimate of drug-likeness (QED) is 0.356. The number of benzene rings is 3. The van der Waals surface area contributed by atoms with Crippen molar-refractivity contribution in [3.8, 4) is 28.4 Å². The van der Waals surface area contributed by atoms with Gasteiger partial charge in [0.15, 0.2) is 11.5 Å². The molecular formula is C27H22ClN3O4. The summed E-state index contributed by atoms with van der Waals surface area (Å²) in [4.78, 5) is 14.1. The van der Waals surface area contributed by atoms with Gasteiger partial charge in [-0.2, -0.15) is 5.10 Å². The first-order valence-corrected chi connectivity index (χ1v) is 11.3. The monoisotopic (exact) mass is 487 g/mol. The SMILES string of the molecule is CN(C)c1ccc(-n2nc(/C=C(\C(=O)O)c3cccc(Cl)c3)cc2-c2ccc3c(c2)OCO3)cc1. The van der Waals surface area contributed by atoms with Crippen LogP contribution in [-0.4, -0.2) is 41.7 Å². The van der Waals surface area contributed by atoms with E-state index in [9.17, 15) is 9.90 Å². The molecule has 5 rings (SSSR count). The molecule has 8 heteroatoms. The predicted molar refractivity (Wildman–Crippen MR) is 136 cm³/mol. The van der Waals surface area contributed by atoms with Crippen molar-refractivity contribution in [2.75, 3.05) is 25.8 Å². The summed E-state index contributed by atoms with van der Waals surface area (Å²) >= 11 is 6.10. The Balaban J connectivity index is 1.65. The molecule has 0 saturated carbocycles. The van der Waals surface area contributed by atoms with E-state index >= 15 is 0 Å². The molecule has 4 aromatic rings. The molecule has 1 N–H and O–H groups in total. The summed E-state index contributed by atoms with van der Waals surface area (Å²) in [5.74, 6) is 0.270. The van der Waals surface area contributed by atoms with Gasteiger partial charge in [-0.1, -0.05) is 23.7 Å². The van der Waals surface area contributed by atoms with Gasteiger partial charge in [0.2, 0.25) is 6.79 Å². The molecule has 176 valence electrons. The van der Waals surface area contributed by atoms with Gasteiger partial charge in [0.25, 0.3) is 0 Å². The maximum atomic E-state index is 12.1. The Morgan fingerprint density at radius 2 is 1.80 bits per heavy atom. The van der Waals surface area contributed by atoms with Crippen molar-refractivity contribution in [1.29, 1.82) is 0 Å². The molecule has 1 aliphatic rings. The Bertz CT molecular complexity index is 1440. The van der Waals surface area contributed by atoms with Crippen LogP contribution in [0, 0.1) is 0 Å². The normalized spacial score (nSPS) is 12.6. The fourth-order valence-corrected chi connectivity index (χ4v) is 4.08. The first kappa shape index (κ1) is 22.6. The van der Waals surface area contributed by atoms with Gasteiger partial charge < -0.3 is 19.5 Å². The highest BCUT2D eigenvalue weighted by Gasteiger charge is 2.19. The third kappa shape index (κ3) is 4.58. The molecule has 0 unspecified atom stereocenters. The van der Waals surface area contributed by atoms with E-state index in [0.29, 0.717) is 27.8 Å². The summed E-state index contributed by atoms with van der Waals surface area (Å²) in [5.41, 5.74) is 4.62. The zero-order valence-corrected chi connectivity index (χ0v) is 19.9. The molecule has 0 radical (unpaired) electrons. The lowest BCUT2D eigenvalue weighted by molar-refractivity contribution is -0.130. The summed E-state index contributed by atoms with van der Waals surface area (Å²) in [6, 6.07) is 22.2. The molecule has 0 aliphatic carbocycles. The third-order valence-electron chi connectivity index (χ3n) is 5.67. The number of halogens is 1. The van der Waals surface area contributed by atoms with Crippen LogP contribution in [0.2, 0.25) is 5.02 Å². The average molecular weight is 488 g/mol. The molecule has 7 nitrogen and oxygen atoms in total. The molecule has 0 bridgehead atoms. The molecule has 1 aliphatic heterocycles. The van der Waals surface area contributed by atoms with Gasteiger partial charge in [0.05, 0.1) is 22.6 Å². The number of carboxylic acid groups (broad SMARTS) is 1. The second kappa shape index (κ2) is 9.19. The Hall–Kier alpha value is -4.23. The third-order valence-corrected chi connectivity index (χ3v) is 5.90. The number of aliphatic carboxylic acids is 1. The van der Waals surface area contributed by atoms with Crippen LogP contribution in [0.1, 0.15) is 11.3 Å². The van der Waals surface area contributed by atoms with Crippen LogP contribution in [0.4, 0.5) is 5.69 Å². The number of anilines is 1. The smallest absolute Gasteiger partial charge is 0.336 e. The first-order chi connectivity index (χ1) is 16.9. The Kier molecular flexibility index (Phi) is 5.93. The summed E-state index contributed by atoms with van der Waals surface area (Å²) in [6.07, 6.45) is 1.55. The van der Waals surface area contributed by atoms with Crippen LogP contribution in [0.5, 0.6) is 11.5 Å². The number of carbonyl (C=O) groups is 1. The highest BCUT2D eigenvalue weighted by Crippen LogP contribution is 2.37. The molecule has 0 spiro atoms. The number of rotatable bonds is 6. The maximum absolute atomic E-state index is 12.1. The van der Waals surface area contributed by atoms with Crippen LogP contribution in [0.3, 0.4) is 0 Å². The average Bonchev–Trinajstić information content (AvgIpc) is 3.49. The molecule has 0 fully saturated rings. The summed E-state index contributed by atoms with van der Waals surface area (Å²) in [5, 5.41) is 15.1. The second-order valence-corrected chi connectivity index (χ2v) is 8.66. The zero-order chi connectivity index (χ0) is 24.5. The van der Waals surface area contributed by atoms with E-state index in [1.54, 1.807) is 35.0 Å². The largest absolute Gasteiger partial charge is 0.478 e. The number of hydrogen-bond donors (Lipinski definition) is 1. The molecular weight excluding hydrogens is 466 g/mol. The van der Waals surface area contributed by atoms with Crippen molar-refractivity contribution in [3.63, 3.8) is 0 Å². The summed E-state index contributed by atoms with van der Waals surface area (Å²) in [6.45, 7) is 0.180. The number of ether oxygens (including phenoxy) is 2. The van der Waals surface area contributed by atoms with Crippen LogP contribution in [0.15, 0.2) is 72.8 Å². The van der Waals surface area contributed by atoms with Crippen molar-refractivity contribution in [1.82, 2.24) is 9.78 Å². The summed E-state index contributed by atoms with van der Waals surface area (Å²) in [7, 11) is 3.96. The lowest BCUT2D eigenvalue weighted by Crippen LogP contribution is -2.08. The minimum absolute atomic E-state index is 0.0948. The second-order valence-electron chi connectivity index (χ2n) is 8.22. The maximum Gasteiger partial charge on any atom is 0.336 e. The van der Waals surface area contributed by atoms with Crippen LogP contribution in [-0.2, 0) is 4.79 Å². The Morgan fingerprint density at radius 1 is 1.03 bits per heavy atom. The zero-order valence-electron chi connectivity index (χ0n) is 19.1. The van der Waals surface area contributed by atoms with Crippen molar-refractivity contribution in [3.05, 3.63) is 89.1 Å². The van der Waals surface area contributed by atoms with E-state index in [2.05, 4.69) is 0 Å². The highest BCUT2D eigenvalue weighted by molar-refractivity contribution is 6.31. The number of fused-ring (bicyclic) bond motifs is 1. The molecule has 0 amide bonds. The minimum Gasteiger partial charge on any atom is -0.478 e. The van der Waals surface area contributed by atoms with Crippen molar-refractivity contribution in [2.45, 2.75) is 0 Å². The number of carboxylic acids is 1. The molecule has 0 saturated heterocycles. The van der Waals surface area contributed by atoms with Crippen molar-refractivity contribution < 1.29 is 19.4 Å². The summed E-state index contributed by atoms with van der Waals surface area (Å²) < 4.78 is 12.8. The van der Waals surface area contributed by atoms with Crippen LogP contribution >= 0.6 is 11.6 Å². The molecule has 0 atom stereocenters. The van der Waals surface area contributed by atoms with Gasteiger partial charge in [-0.05, 0) is 72.3 Å². The number of hydrogen-bond acceptors (Lipinski definition) is 5. The molecule has 3 aromatic carbocycles. The lowest BCUT2D eigenvalue weighted by atomic mass is 10.0. The fraction of sp³-hybridized carbons (Fsp3) is 0.111. The van der Waals surface area contributed by atoms with E-state index in [1.807, 2.05) is 67.5 Å². The van der Waals surface area contributed by atoms with Gasteiger partial charge in [-0.15, -0.1) is 0 Å². The lowest BCUT2D eigenvalue weighted by Gasteiger charge is -2.14. The van der Waals surface area contributed by atoms with E-state index in [0.717, 1.165) is 22.6 Å². The van der Waals surface area contributed by atoms with Gasteiger partial charge in [0, 0.05) is 30.4 Å². The van der Waals surface area contributed by atoms with Gasteiger partial charge >= 0.3 is 5.97 Å². The van der Waals surface area contributed by atoms with Gasteiger partial charge in [0.1, 0.15) is 0 Å². The molecule has 35 heavy (non-hydrogen) atoms. The Labute approximate surface area is 207 Å². The highest BCUT2D eigenvalue weighted by atomic mass is 35.5. The van der Waals surface area contributed by atoms with Crippen molar-refractivity contribution >= 4 is 34.9 Å². The van der Waals surface area contributed by atoms with Crippen molar-refractivity contribution in [2.24, 2.45) is 0 Å². The standard InChI is InChI=1S/C27H22ClN3O4/c1-30(2)21-7-9-22(10-8-21)31-24(18-6-11-25-26(13-18)35-16-34-25)15-20(29-31)14-23(27(32)33)17-4-3-5-19(28)12-17/h3-15H,16H2,1-2H3,(H,32,33)/b23-14-. The minimum atomic E-state index is -1.07. The number of aromatic nitrogens is 2. The van der Waals surface area contributed by atoms with E-state index in [-0.39, 0.29) is 12.4 Å². The molecule has 2 heterocycles. The van der Waals surface area contributed by atoms with Crippen LogP contribution in [0.25, 0.3) is 28.6 Å². The number of nitrogens with zero attached hydrogens (tertiary/aromatic N) is 3. The first-order valence-electron chi connectivity index (χ1n) is 10.9. The fourth-order valence-electron chi connectivity index (χ4n) is 3.89.